The molecule has 0 spiro atoms. The van der Waals surface area contributed by atoms with Crippen molar-refractivity contribution in [2.45, 2.75) is 44.9 Å². The van der Waals surface area contributed by atoms with E-state index in [4.69, 9.17) is 4.98 Å². The van der Waals surface area contributed by atoms with E-state index in [-0.39, 0.29) is 5.41 Å². The summed E-state index contributed by atoms with van der Waals surface area (Å²) in [5.74, 6) is 0. The van der Waals surface area contributed by atoms with Crippen LogP contribution in [0.25, 0.3) is 0 Å². The average molecular weight is 300 g/mol. The molecule has 0 saturated carbocycles. The lowest BCUT2D eigenvalue weighted by atomic mass is 9.68. The van der Waals surface area contributed by atoms with E-state index in [0.717, 1.165) is 13.0 Å². The van der Waals surface area contributed by atoms with Crippen LogP contribution in [0, 0.1) is 13.8 Å². The molecule has 0 bridgehead atoms. The third kappa shape index (κ3) is 2.77. The lowest BCUT2D eigenvalue weighted by molar-refractivity contribution is 0.344. The Bertz CT molecular complexity index is 612. The smallest absolute Gasteiger partial charge is 0.0940 e. The van der Waals surface area contributed by atoms with Crippen LogP contribution in [0.3, 0.4) is 0 Å². The van der Waals surface area contributed by atoms with Crippen LogP contribution in [0.4, 0.5) is 0 Å². The number of hydrogen-bond acceptors (Lipinski definition) is 3. The predicted molar refractivity (Wildman–Crippen MR) is 90.3 cm³/mol. The highest BCUT2D eigenvalue weighted by atomic mass is 32.1. The number of thiazole rings is 1. The van der Waals surface area contributed by atoms with Gasteiger partial charge in [-0.05, 0) is 51.3 Å². The van der Waals surface area contributed by atoms with Crippen LogP contribution in [-0.4, -0.2) is 18.6 Å². The van der Waals surface area contributed by atoms with Gasteiger partial charge in [-0.3, -0.25) is 0 Å². The van der Waals surface area contributed by atoms with E-state index in [2.05, 4.69) is 50.5 Å². The van der Waals surface area contributed by atoms with Crippen LogP contribution >= 0.6 is 11.3 Å². The molecule has 21 heavy (non-hydrogen) atoms. The van der Waals surface area contributed by atoms with Crippen LogP contribution < -0.4 is 5.32 Å². The molecule has 0 radical (unpaired) electrons. The van der Waals surface area contributed by atoms with E-state index in [1.54, 1.807) is 0 Å². The van der Waals surface area contributed by atoms with Crippen LogP contribution in [-0.2, 0) is 18.3 Å². The molecule has 1 aromatic heterocycles. The van der Waals surface area contributed by atoms with Gasteiger partial charge in [-0.15, -0.1) is 11.3 Å². The molecule has 0 fully saturated rings. The van der Waals surface area contributed by atoms with E-state index < -0.39 is 0 Å². The maximum absolute atomic E-state index is 4.80. The number of benzene rings is 1. The standard InChI is InChI=1S/C18H24N2S/c1-13-14(2)21-17(20-13)11-18(12-19-3)10-6-8-15-7-4-5-9-16(15)18/h4-5,7,9,19H,6,8,10-12H2,1-3H3. The summed E-state index contributed by atoms with van der Waals surface area (Å²) in [5.41, 5.74) is 4.47. The topological polar surface area (TPSA) is 24.9 Å². The maximum Gasteiger partial charge on any atom is 0.0940 e. The first-order chi connectivity index (χ1) is 10.1. The van der Waals surface area contributed by atoms with Crippen LogP contribution in [0.5, 0.6) is 0 Å². The van der Waals surface area contributed by atoms with Gasteiger partial charge in [0.25, 0.3) is 0 Å². The third-order valence-electron chi connectivity index (χ3n) is 4.77. The molecule has 1 aliphatic rings. The van der Waals surface area contributed by atoms with Crippen molar-refractivity contribution in [2.75, 3.05) is 13.6 Å². The monoisotopic (exact) mass is 300 g/mol. The van der Waals surface area contributed by atoms with Crippen molar-refractivity contribution >= 4 is 11.3 Å². The average Bonchev–Trinajstić information content (AvgIpc) is 2.78. The quantitative estimate of drug-likeness (QED) is 0.929. The predicted octanol–water partition coefficient (Wildman–Crippen LogP) is 3.80. The fourth-order valence-corrected chi connectivity index (χ4v) is 4.76. The van der Waals surface area contributed by atoms with Gasteiger partial charge in [0.2, 0.25) is 0 Å². The molecule has 2 aromatic rings. The molecule has 1 heterocycles. The summed E-state index contributed by atoms with van der Waals surface area (Å²) >= 11 is 1.87. The second-order valence-corrected chi connectivity index (χ2v) is 7.54. The zero-order valence-corrected chi connectivity index (χ0v) is 14.0. The lowest BCUT2D eigenvalue weighted by Crippen LogP contribution is -2.41. The van der Waals surface area contributed by atoms with Gasteiger partial charge in [0.05, 0.1) is 10.7 Å². The third-order valence-corrected chi connectivity index (χ3v) is 5.84. The van der Waals surface area contributed by atoms with Crippen molar-refractivity contribution in [1.29, 1.82) is 0 Å². The number of rotatable bonds is 4. The van der Waals surface area contributed by atoms with E-state index in [1.165, 1.54) is 46.0 Å². The minimum Gasteiger partial charge on any atom is -0.319 e. The Balaban J connectivity index is 2.01. The van der Waals surface area contributed by atoms with Crippen molar-refractivity contribution in [2.24, 2.45) is 0 Å². The molecule has 0 saturated heterocycles. The molecule has 3 rings (SSSR count). The number of fused-ring (bicyclic) bond motifs is 1. The largest absolute Gasteiger partial charge is 0.319 e. The maximum atomic E-state index is 4.80. The van der Waals surface area contributed by atoms with Crippen molar-refractivity contribution < 1.29 is 0 Å². The van der Waals surface area contributed by atoms with E-state index >= 15 is 0 Å². The fraction of sp³-hybridized carbons (Fsp3) is 0.500. The summed E-state index contributed by atoms with van der Waals surface area (Å²) in [7, 11) is 2.07. The zero-order valence-electron chi connectivity index (χ0n) is 13.2. The van der Waals surface area contributed by atoms with Crippen LogP contribution in [0.2, 0.25) is 0 Å². The first kappa shape index (κ1) is 14.7. The molecule has 2 nitrogen and oxygen atoms in total. The summed E-state index contributed by atoms with van der Waals surface area (Å²) < 4.78 is 0. The summed E-state index contributed by atoms with van der Waals surface area (Å²) in [6.07, 6.45) is 4.81. The number of aryl methyl sites for hydroxylation is 3. The molecule has 1 aliphatic carbocycles. The zero-order chi connectivity index (χ0) is 14.9. The molecule has 1 N–H and O–H groups in total. The lowest BCUT2D eigenvalue weighted by Gasteiger charge is -2.39. The normalized spacial score (nSPS) is 21.3. The summed E-state index contributed by atoms with van der Waals surface area (Å²) in [6, 6.07) is 9.00. The van der Waals surface area contributed by atoms with Gasteiger partial charge < -0.3 is 5.32 Å². The Morgan fingerprint density at radius 2 is 2.10 bits per heavy atom. The Labute approximate surface area is 131 Å². The van der Waals surface area contributed by atoms with Gasteiger partial charge in [-0.25, -0.2) is 4.98 Å². The molecule has 1 atom stereocenters. The Hall–Kier alpha value is -1.19. The van der Waals surface area contributed by atoms with Gasteiger partial charge in [0.1, 0.15) is 0 Å². The molecule has 0 amide bonds. The molecule has 112 valence electrons. The van der Waals surface area contributed by atoms with Gasteiger partial charge in [0, 0.05) is 23.3 Å². The van der Waals surface area contributed by atoms with E-state index in [9.17, 15) is 0 Å². The van der Waals surface area contributed by atoms with Crippen LogP contribution in [0.1, 0.15) is 39.5 Å². The Kier molecular flexibility index (Phi) is 4.14. The minimum absolute atomic E-state index is 0.209. The highest BCUT2D eigenvalue weighted by Crippen LogP contribution is 2.40. The highest BCUT2D eigenvalue weighted by molar-refractivity contribution is 7.11. The molecule has 1 unspecified atom stereocenters. The molecule has 1 aromatic carbocycles. The van der Waals surface area contributed by atoms with Gasteiger partial charge in [-0.2, -0.15) is 0 Å². The van der Waals surface area contributed by atoms with Crippen molar-refractivity contribution in [3.63, 3.8) is 0 Å². The second kappa shape index (κ2) is 5.90. The summed E-state index contributed by atoms with van der Waals surface area (Å²) in [5, 5.41) is 4.73. The fourth-order valence-electron chi connectivity index (χ4n) is 3.68. The van der Waals surface area contributed by atoms with Gasteiger partial charge in [-0.1, -0.05) is 24.3 Å². The Morgan fingerprint density at radius 3 is 2.81 bits per heavy atom. The van der Waals surface area contributed by atoms with Crippen LogP contribution in [0.15, 0.2) is 24.3 Å². The molecule has 0 aliphatic heterocycles. The first-order valence-corrected chi connectivity index (χ1v) is 8.62. The van der Waals surface area contributed by atoms with Crippen molar-refractivity contribution in [3.05, 3.63) is 51.0 Å². The highest BCUT2D eigenvalue weighted by Gasteiger charge is 2.36. The minimum atomic E-state index is 0.209. The summed E-state index contributed by atoms with van der Waals surface area (Å²) in [6.45, 7) is 5.33. The SMILES string of the molecule is CNCC1(Cc2nc(C)c(C)s2)CCCc2ccccc21. The Morgan fingerprint density at radius 1 is 1.29 bits per heavy atom. The number of aromatic nitrogens is 1. The van der Waals surface area contributed by atoms with E-state index in [1.807, 2.05) is 11.3 Å². The van der Waals surface area contributed by atoms with Gasteiger partial charge in [0.15, 0.2) is 0 Å². The van der Waals surface area contributed by atoms with E-state index in [0.29, 0.717) is 0 Å². The van der Waals surface area contributed by atoms with Gasteiger partial charge >= 0.3 is 0 Å². The molecule has 3 heteroatoms. The first-order valence-electron chi connectivity index (χ1n) is 7.80. The summed E-state index contributed by atoms with van der Waals surface area (Å²) in [4.78, 5) is 6.15. The number of likely N-dealkylation sites (N-methyl/N-ethyl adjacent to an activating group) is 1. The number of hydrogen-bond donors (Lipinski definition) is 1. The number of nitrogens with zero attached hydrogens (tertiary/aromatic N) is 1. The molecular weight excluding hydrogens is 276 g/mol. The number of nitrogens with one attached hydrogen (secondary N) is 1. The second-order valence-electron chi connectivity index (χ2n) is 6.25. The van der Waals surface area contributed by atoms with Crippen molar-refractivity contribution in [1.82, 2.24) is 10.3 Å². The molecular formula is C18H24N2S. The van der Waals surface area contributed by atoms with Crippen molar-refractivity contribution in [3.8, 4) is 0 Å².